The summed E-state index contributed by atoms with van der Waals surface area (Å²) >= 11 is 0. The van der Waals surface area contributed by atoms with Gasteiger partial charge >= 0.3 is 17.7 Å². The zero-order valence-corrected chi connectivity index (χ0v) is 16.2. The van der Waals surface area contributed by atoms with Crippen molar-refractivity contribution in [3.8, 4) is 11.5 Å². The molecule has 0 aliphatic carbocycles. The van der Waals surface area contributed by atoms with Gasteiger partial charge in [0.25, 0.3) is 0 Å². The third-order valence-corrected chi connectivity index (χ3v) is 4.35. The third-order valence-electron chi connectivity index (χ3n) is 4.35. The molecule has 10 heteroatoms. The lowest BCUT2D eigenvalue weighted by Crippen LogP contribution is -2.45. The molecule has 1 aliphatic rings. The molecule has 0 saturated carbocycles. The van der Waals surface area contributed by atoms with Gasteiger partial charge in [-0.1, -0.05) is 13.3 Å². The highest BCUT2D eigenvalue weighted by atomic mass is 16.6. The van der Waals surface area contributed by atoms with E-state index in [-0.39, 0.29) is 22.8 Å². The number of unbranched alkanes of at least 4 members (excludes halogenated alkanes) is 1. The van der Waals surface area contributed by atoms with E-state index >= 15 is 0 Å². The summed E-state index contributed by atoms with van der Waals surface area (Å²) < 4.78 is 15.2. The van der Waals surface area contributed by atoms with Crippen molar-refractivity contribution in [1.29, 1.82) is 0 Å². The van der Waals surface area contributed by atoms with Gasteiger partial charge in [-0.3, -0.25) is 10.1 Å². The second-order valence-electron chi connectivity index (χ2n) is 6.05. The second-order valence-corrected chi connectivity index (χ2v) is 6.05. The van der Waals surface area contributed by atoms with Crippen molar-refractivity contribution in [1.82, 2.24) is 10.6 Å². The fourth-order valence-corrected chi connectivity index (χ4v) is 3.04. The van der Waals surface area contributed by atoms with Gasteiger partial charge in [0.05, 0.1) is 37.9 Å². The number of methoxy groups -OCH3 is 3. The van der Waals surface area contributed by atoms with E-state index < -0.39 is 23.0 Å². The third kappa shape index (κ3) is 4.16. The van der Waals surface area contributed by atoms with Crippen LogP contribution in [-0.2, 0) is 9.53 Å². The predicted molar refractivity (Wildman–Crippen MR) is 99.2 cm³/mol. The molecule has 1 heterocycles. The molecule has 152 valence electrons. The van der Waals surface area contributed by atoms with Gasteiger partial charge < -0.3 is 24.8 Å². The molecule has 10 nitrogen and oxygen atoms in total. The van der Waals surface area contributed by atoms with Crippen molar-refractivity contribution < 1.29 is 28.7 Å². The van der Waals surface area contributed by atoms with Crippen molar-refractivity contribution in [2.45, 2.75) is 32.2 Å². The average Bonchev–Trinajstić information content (AvgIpc) is 2.69. The molecule has 0 spiro atoms. The van der Waals surface area contributed by atoms with Crippen LogP contribution in [0.3, 0.4) is 0 Å². The number of allylic oxidation sites excluding steroid dienone is 1. The number of benzene rings is 1. The van der Waals surface area contributed by atoms with Crippen LogP contribution < -0.4 is 20.1 Å². The van der Waals surface area contributed by atoms with Crippen molar-refractivity contribution >= 4 is 17.7 Å². The number of hydrogen-bond donors (Lipinski definition) is 2. The maximum atomic E-state index is 12.5. The summed E-state index contributed by atoms with van der Waals surface area (Å²) in [5, 5.41) is 16.8. The number of ether oxygens (including phenoxy) is 3. The first-order chi connectivity index (χ1) is 13.4. The van der Waals surface area contributed by atoms with Crippen LogP contribution in [0.4, 0.5) is 10.5 Å². The number of carbonyl (C=O) groups is 2. The van der Waals surface area contributed by atoms with E-state index in [0.717, 1.165) is 12.8 Å². The smallest absolute Gasteiger partial charge is 0.337 e. The summed E-state index contributed by atoms with van der Waals surface area (Å²) in [6.07, 6.45) is 2.06. The Labute approximate surface area is 162 Å². The van der Waals surface area contributed by atoms with Crippen LogP contribution in [0.2, 0.25) is 0 Å². The lowest BCUT2D eigenvalue weighted by atomic mass is 9.93. The number of nitrogens with one attached hydrogen (secondary N) is 2. The number of esters is 1. The Hall–Kier alpha value is -3.30. The van der Waals surface area contributed by atoms with Crippen LogP contribution in [0.5, 0.6) is 11.5 Å². The Morgan fingerprint density at radius 1 is 1.25 bits per heavy atom. The lowest BCUT2D eigenvalue weighted by molar-refractivity contribution is -0.385. The number of nitro groups is 1. The first-order valence-corrected chi connectivity index (χ1v) is 8.67. The van der Waals surface area contributed by atoms with Crippen molar-refractivity contribution in [3.05, 3.63) is 39.1 Å². The van der Waals surface area contributed by atoms with Gasteiger partial charge in [-0.2, -0.15) is 0 Å². The number of rotatable bonds is 8. The van der Waals surface area contributed by atoms with Gasteiger partial charge in [-0.05, 0) is 24.5 Å². The molecule has 2 amide bonds. The summed E-state index contributed by atoms with van der Waals surface area (Å²) in [6, 6.07) is 1.29. The standard InChI is InChI=1S/C18H23N3O7/c1-5-6-7-11-14(17(22)28-4)15(20-18(23)19-11)10-8-12(21(24)25)16(27-3)13(9-10)26-2/h8-9,15H,5-7H2,1-4H3,(H2,19,20,23). The van der Waals surface area contributed by atoms with Crippen LogP contribution in [0, 0.1) is 10.1 Å². The van der Waals surface area contributed by atoms with Gasteiger partial charge in [0.15, 0.2) is 5.75 Å². The number of nitrogens with zero attached hydrogens (tertiary/aromatic N) is 1. The molecular weight excluding hydrogens is 370 g/mol. The topological polar surface area (TPSA) is 129 Å². The largest absolute Gasteiger partial charge is 0.493 e. The van der Waals surface area contributed by atoms with Gasteiger partial charge in [0, 0.05) is 11.8 Å². The van der Waals surface area contributed by atoms with E-state index in [9.17, 15) is 19.7 Å². The van der Waals surface area contributed by atoms with E-state index in [2.05, 4.69) is 10.6 Å². The molecule has 0 aromatic heterocycles. The number of amides is 2. The first kappa shape index (κ1) is 21.0. The molecule has 0 saturated heterocycles. The van der Waals surface area contributed by atoms with Crippen molar-refractivity contribution in [2.24, 2.45) is 0 Å². The minimum atomic E-state index is -0.938. The Morgan fingerprint density at radius 2 is 1.96 bits per heavy atom. The number of nitro benzene ring substituents is 1. The summed E-state index contributed by atoms with van der Waals surface area (Å²) in [5.74, 6) is -0.578. The fraction of sp³-hybridized carbons (Fsp3) is 0.444. The fourth-order valence-electron chi connectivity index (χ4n) is 3.04. The normalized spacial score (nSPS) is 16.1. The van der Waals surface area contributed by atoms with Gasteiger partial charge in [0.1, 0.15) is 0 Å². The SMILES string of the molecule is CCCCC1=C(C(=O)OC)C(c2cc(OC)c(OC)c([N+](=O)[O-])c2)NC(=O)N1. The van der Waals surface area contributed by atoms with Gasteiger partial charge in [-0.15, -0.1) is 0 Å². The molecule has 1 aromatic rings. The van der Waals surface area contributed by atoms with Crippen LogP contribution in [-0.4, -0.2) is 38.3 Å². The molecule has 2 N–H and O–H groups in total. The molecule has 1 aliphatic heterocycles. The quantitative estimate of drug-likeness (QED) is 0.394. The molecule has 0 radical (unpaired) electrons. The van der Waals surface area contributed by atoms with Crippen LogP contribution in [0.15, 0.2) is 23.4 Å². The highest BCUT2D eigenvalue weighted by molar-refractivity contribution is 5.95. The maximum absolute atomic E-state index is 12.5. The summed E-state index contributed by atoms with van der Waals surface area (Å²) in [5.41, 5.74) is 0.578. The van der Waals surface area contributed by atoms with E-state index in [1.807, 2.05) is 6.92 Å². The van der Waals surface area contributed by atoms with Crippen LogP contribution in [0.1, 0.15) is 37.8 Å². The highest BCUT2D eigenvalue weighted by Gasteiger charge is 2.35. The van der Waals surface area contributed by atoms with E-state index in [1.165, 1.54) is 33.5 Å². The number of carbonyl (C=O) groups excluding carboxylic acids is 2. The van der Waals surface area contributed by atoms with Gasteiger partial charge in [-0.25, -0.2) is 9.59 Å². The molecule has 1 atom stereocenters. The lowest BCUT2D eigenvalue weighted by Gasteiger charge is -2.29. The summed E-state index contributed by atoms with van der Waals surface area (Å²) in [7, 11) is 3.87. The molecular formula is C18H23N3O7. The molecule has 1 aromatic carbocycles. The summed E-state index contributed by atoms with van der Waals surface area (Å²) in [4.78, 5) is 35.5. The van der Waals surface area contributed by atoms with E-state index in [0.29, 0.717) is 17.7 Å². The summed E-state index contributed by atoms with van der Waals surface area (Å²) in [6.45, 7) is 1.98. The molecule has 28 heavy (non-hydrogen) atoms. The molecule has 1 unspecified atom stereocenters. The highest BCUT2D eigenvalue weighted by Crippen LogP contribution is 2.41. The Kier molecular flexibility index (Phi) is 6.80. The molecule has 0 bridgehead atoms. The van der Waals surface area contributed by atoms with E-state index in [1.54, 1.807) is 0 Å². The number of hydrogen-bond acceptors (Lipinski definition) is 7. The minimum Gasteiger partial charge on any atom is -0.493 e. The Morgan fingerprint density at radius 3 is 2.50 bits per heavy atom. The zero-order chi connectivity index (χ0) is 20.8. The minimum absolute atomic E-state index is 0.0497. The molecule has 2 rings (SSSR count). The second kappa shape index (κ2) is 9.07. The van der Waals surface area contributed by atoms with Crippen LogP contribution >= 0.6 is 0 Å². The first-order valence-electron chi connectivity index (χ1n) is 8.67. The average molecular weight is 393 g/mol. The predicted octanol–water partition coefficient (Wildman–Crippen LogP) is 2.58. The maximum Gasteiger partial charge on any atom is 0.337 e. The Bertz CT molecular complexity index is 820. The number of urea groups is 1. The van der Waals surface area contributed by atoms with E-state index in [4.69, 9.17) is 14.2 Å². The van der Waals surface area contributed by atoms with Gasteiger partial charge in [0.2, 0.25) is 5.75 Å². The van der Waals surface area contributed by atoms with Crippen LogP contribution in [0.25, 0.3) is 0 Å². The Balaban J connectivity index is 2.68. The monoisotopic (exact) mass is 393 g/mol. The van der Waals surface area contributed by atoms with Crippen molar-refractivity contribution in [2.75, 3.05) is 21.3 Å². The molecule has 0 fully saturated rings. The zero-order valence-electron chi connectivity index (χ0n) is 16.2. The van der Waals surface area contributed by atoms with Crippen molar-refractivity contribution in [3.63, 3.8) is 0 Å².